The number of amides is 1. The van der Waals surface area contributed by atoms with Crippen molar-refractivity contribution in [2.45, 2.75) is 11.6 Å². The van der Waals surface area contributed by atoms with E-state index in [9.17, 15) is 4.79 Å². The Hall–Kier alpha value is -2.71. The molecule has 1 N–H and O–H groups in total. The summed E-state index contributed by atoms with van der Waals surface area (Å²) in [6.45, 7) is 1.26. The molecule has 3 heterocycles. The van der Waals surface area contributed by atoms with Crippen LogP contribution in [0.2, 0.25) is 0 Å². The maximum Gasteiger partial charge on any atom is 0.261 e. The predicted molar refractivity (Wildman–Crippen MR) is 117 cm³/mol. The Morgan fingerprint density at radius 2 is 2.07 bits per heavy atom. The van der Waals surface area contributed by atoms with E-state index in [1.165, 1.54) is 11.3 Å². The van der Waals surface area contributed by atoms with Crippen molar-refractivity contribution in [3.8, 4) is 11.5 Å². The number of carbonyl (C=O) groups is 1. The quantitative estimate of drug-likeness (QED) is 0.632. The van der Waals surface area contributed by atoms with Crippen molar-refractivity contribution >= 4 is 39.7 Å². The molecule has 1 amide bonds. The van der Waals surface area contributed by atoms with Gasteiger partial charge < -0.3 is 19.7 Å². The number of para-hydroxylation sites is 1. The fraction of sp³-hybridized carbons (Fsp3) is 0.238. The first-order valence-corrected chi connectivity index (χ1v) is 10.9. The first-order valence-electron chi connectivity index (χ1n) is 9.14. The third-order valence-electron chi connectivity index (χ3n) is 4.60. The largest absolute Gasteiger partial charge is 0.493 e. The number of methoxy groups -OCH3 is 2. The van der Waals surface area contributed by atoms with Crippen LogP contribution in [0.4, 0.5) is 10.7 Å². The van der Waals surface area contributed by atoms with Crippen LogP contribution in [-0.2, 0) is 6.54 Å². The van der Waals surface area contributed by atoms with E-state index in [0.29, 0.717) is 22.9 Å². The van der Waals surface area contributed by atoms with Gasteiger partial charge in [-0.25, -0.2) is 4.98 Å². The fourth-order valence-corrected chi connectivity index (χ4v) is 5.12. The lowest BCUT2D eigenvalue weighted by atomic mass is 10.2. The van der Waals surface area contributed by atoms with Crippen molar-refractivity contribution in [2.75, 3.05) is 31.4 Å². The van der Waals surface area contributed by atoms with E-state index in [1.54, 1.807) is 26.0 Å². The number of rotatable bonds is 6. The minimum atomic E-state index is -0.107. The number of aromatic nitrogens is 1. The lowest BCUT2D eigenvalue weighted by Gasteiger charge is -2.28. The zero-order valence-corrected chi connectivity index (χ0v) is 17.8. The molecule has 0 unspecified atom stereocenters. The van der Waals surface area contributed by atoms with Crippen molar-refractivity contribution in [1.29, 1.82) is 0 Å². The van der Waals surface area contributed by atoms with Crippen molar-refractivity contribution < 1.29 is 14.3 Å². The van der Waals surface area contributed by atoms with Gasteiger partial charge in [0.15, 0.2) is 11.5 Å². The summed E-state index contributed by atoms with van der Waals surface area (Å²) in [6.07, 6.45) is 1.81. The lowest BCUT2D eigenvalue weighted by Crippen LogP contribution is -2.24. The summed E-state index contributed by atoms with van der Waals surface area (Å²) in [5.41, 5.74) is 1.96. The highest BCUT2D eigenvalue weighted by Gasteiger charge is 2.22. The second-order valence-electron chi connectivity index (χ2n) is 6.30. The number of nitrogens with zero attached hydrogens (tertiary/aromatic N) is 2. The van der Waals surface area contributed by atoms with Gasteiger partial charge in [-0.2, -0.15) is 0 Å². The molecular weight excluding hydrogens is 406 g/mol. The van der Waals surface area contributed by atoms with Crippen molar-refractivity contribution in [3.63, 3.8) is 0 Å². The van der Waals surface area contributed by atoms with Gasteiger partial charge in [-0.05, 0) is 30.3 Å². The molecule has 0 radical (unpaired) electrons. The van der Waals surface area contributed by atoms with Gasteiger partial charge in [-0.3, -0.25) is 4.79 Å². The monoisotopic (exact) mass is 427 g/mol. The van der Waals surface area contributed by atoms with Crippen molar-refractivity contribution in [3.05, 3.63) is 59.1 Å². The Morgan fingerprint density at radius 1 is 1.17 bits per heavy atom. The molecule has 4 rings (SSSR count). The minimum absolute atomic E-state index is 0.107. The number of hydrogen-bond donors (Lipinski definition) is 1. The average molecular weight is 428 g/mol. The number of hydrogen-bond acceptors (Lipinski definition) is 7. The molecule has 2 aromatic heterocycles. The molecule has 0 saturated heterocycles. The van der Waals surface area contributed by atoms with Crippen molar-refractivity contribution in [1.82, 2.24) is 10.3 Å². The van der Waals surface area contributed by atoms with Gasteiger partial charge in [0.2, 0.25) is 0 Å². The van der Waals surface area contributed by atoms with Crippen LogP contribution >= 0.6 is 23.1 Å². The molecule has 0 fully saturated rings. The summed E-state index contributed by atoms with van der Waals surface area (Å²) in [7, 11) is 3.19. The van der Waals surface area contributed by atoms with Crippen LogP contribution in [0.3, 0.4) is 0 Å². The molecular formula is C21H21N3O3S2. The summed E-state index contributed by atoms with van der Waals surface area (Å²) >= 11 is 3.25. The summed E-state index contributed by atoms with van der Waals surface area (Å²) in [6, 6.07) is 13.5. The van der Waals surface area contributed by atoms with E-state index in [-0.39, 0.29) is 5.91 Å². The van der Waals surface area contributed by atoms with Gasteiger partial charge in [0, 0.05) is 30.6 Å². The van der Waals surface area contributed by atoms with Gasteiger partial charge in [0.1, 0.15) is 5.03 Å². The van der Waals surface area contributed by atoms with Gasteiger partial charge in [-0.15, -0.1) is 23.1 Å². The number of carbonyl (C=O) groups excluding carboxylic acids is 1. The summed E-state index contributed by atoms with van der Waals surface area (Å²) < 4.78 is 10.8. The van der Waals surface area contributed by atoms with Crippen LogP contribution in [0.5, 0.6) is 11.5 Å². The van der Waals surface area contributed by atoms with E-state index >= 15 is 0 Å². The molecule has 0 atom stereocenters. The van der Waals surface area contributed by atoms with Gasteiger partial charge >= 0.3 is 0 Å². The Balaban J connectivity index is 1.48. The van der Waals surface area contributed by atoms with Gasteiger partial charge in [0.25, 0.3) is 5.91 Å². The van der Waals surface area contributed by atoms with E-state index < -0.39 is 0 Å². The number of thiophene rings is 1. The zero-order chi connectivity index (χ0) is 20.2. The minimum Gasteiger partial charge on any atom is -0.493 e. The third-order valence-corrected chi connectivity index (χ3v) is 6.68. The van der Waals surface area contributed by atoms with Crippen LogP contribution < -0.4 is 19.7 Å². The lowest BCUT2D eigenvalue weighted by molar-refractivity contribution is 0.0954. The van der Waals surface area contributed by atoms with Crippen LogP contribution in [0.25, 0.3) is 0 Å². The molecule has 0 bridgehead atoms. The van der Waals surface area contributed by atoms with Crippen LogP contribution in [0.15, 0.2) is 53.7 Å². The molecule has 3 aromatic rings. The zero-order valence-electron chi connectivity index (χ0n) is 16.2. The SMILES string of the molecule is COc1cccc(CNC(=O)c2ccc(N3CCSc4ncccc43)s2)c1OC. The van der Waals surface area contributed by atoms with E-state index in [1.807, 2.05) is 42.6 Å². The normalized spacial score (nSPS) is 13.0. The molecule has 29 heavy (non-hydrogen) atoms. The first kappa shape index (κ1) is 19.6. The molecule has 0 aliphatic carbocycles. The standard InChI is InChI=1S/C21H21N3O3S2/c1-26-16-7-3-5-14(19(16)27-2)13-23-20(25)17-8-9-18(29-17)24-11-12-28-21-15(24)6-4-10-22-21/h3-10H,11-13H2,1-2H3,(H,23,25). The second kappa shape index (κ2) is 8.75. The molecule has 0 saturated carbocycles. The summed E-state index contributed by atoms with van der Waals surface area (Å²) in [5.74, 6) is 2.15. The highest BCUT2D eigenvalue weighted by molar-refractivity contribution is 7.99. The average Bonchev–Trinajstić information content (AvgIpc) is 3.26. The second-order valence-corrected chi connectivity index (χ2v) is 8.45. The molecule has 8 heteroatoms. The summed E-state index contributed by atoms with van der Waals surface area (Å²) in [4.78, 5) is 20.1. The van der Waals surface area contributed by atoms with Crippen LogP contribution in [-0.4, -0.2) is 37.4 Å². The molecule has 1 aromatic carbocycles. The Bertz CT molecular complexity index is 1020. The predicted octanol–water partition coefficient (Wildman–Crippen LogP) is 4.33. The maximum absolute atomic E-state index is 12.7. The molecule has 0 spiro atoms. The highest BCUT2D eigenvalue weighted by atomic mass is 32.2. The van der Waals surface area contributed by atoms with Gasteiger partial charge in [0.05, 0.1) is 29.8 Å². The van der Waals surface area contributed by atoms with E-state index in [0.717, 1.165) is 33.6 Å². The smallest absolute Gasteiger partial charge is 0.261 e. The molecule has 150 valence electrons. The Kier molecular flexibility index (Phi) is 5.92. The Morgan fingerprint density at radius 3 is 2.90 bits per heavy atom. The number of fused-ring (bicyclic) bond motifs is 1. The number of ether oxygens (including phenoxy) is 2. The number of thioether (sulfide) groups is 1. The number of pyridine rings is 1. The van der Waals surface area contributed by atoms with E-state index in [2.05, 4.69) is 21.3 Å². The third kappa shape index (κ3) is 4.04. The summed E-state index contributed by atoms with van der Waals surface area (Å²) in [5, 5.41) is 5.05. The molecule has 1 aliphatic heterocycles. The van der Waals surface area contributed by atoms with Crippen molar-refractivity contribution in [2.24, 2.45) is 0 Å². The maximum atomic E-state index is 12.7. The first-order chi connectivity index (χ1) is 14.2. The number of benzene rings is 1. The number of nitrogens with one attached hydrogen (secondary N) is 1. The fourth-order valence-electron chi connectivity index (χ4n) is 3.23. The van der Waals surface area contributed by atoms with E-state index in [4.69, 9.17) is 9.47 Å². The molecule has 1 aliphatic rings. The highest BCUT2D eigenvalue weighted by Crippen LogP contribution is 2.40. The number of anilines is 2. The Labute approximate surface area is 177 Å². The van der Waals surface area contributed by atoms with Crippen LogP contribution in [0, 0.1) is 0 Å². The topological polar surface area (TPSA) is 63.7 Å². The van der Waals surface area contributed by atoms with Gasteiger partial charge in [-0.1, -0.05) is 12.1 Å². The molecule has 6 nitrogen and oxygen atoms in total. The van der Waals surface area contributed by atoms with Crippen LogP contribution in [0.1, 0.15) is 15.2 Å².